The number of carbonyl (C=O) groups is 2. The van der Waals surface area contributed by atoms with Crippen LogP contribution >= 0.6 is 0 Å². The van der Waals surface area contributed by atoms with Crippen LogP contribution in [0.5, 0.6) is 0 Å². The zero-order valence-corrected chi connectivity index (χ0v) is 14.3. The molecule has 1 aliphatic heterocycles. The van der Waals surface area contributed by atoms with Gasteiger partial charge in [0.15, 0.2) is 5.43 Å². The third-order valence-electron chi connectivity index (χ3n) is 4.40. The summed E-state index contributed by atoms with van der Waals surface area (Å²) in [6.45, 7) is 2.77. The lowest BCUT2D eigenvalue weighted by atomic mass is 10.2. The van der Waals surface area contributed by atoms with Gasteiger partial charge in [-0.1, -0.05) is 12.1 Å². The summed E-state index contributed by atoms with van der Waals surface area (Å²) in [5.74, 6) is -0.224. The number of hydrogen-bond acceptors (Lipinski definition) is 4. The quantitative estimate of drug-likeness (QED) is 0.865. The van der Waals surface area contributed by atoms with E-state index in [0.29, 0.717) is 18.5 Å². The molecule has 1 aliphatic rings. The summed E-state index contributed by atoms with van der Waals surface area (Å²) in [5, 5.41) is 3.44. The van der Waals surface area contributed by atoms with Gasteiger partial charge in [0.2, 0.25) is 11.8 Å². The van der Waals surface area contributed by atoms with Crippen molar-refractivity contribution in [3.8, 4) is 0 Å². The van der Waals surface area contributed by atoms with Crippen LogP contribution in [0.4, 0.5) is 0 Å². The van der Waals surface area contributed by atoms with E-state index in [1.165, 1.54) is 0 Å². The Bertz CT molecular complexity index is 874. The molecule has 7 nitrogen and oxygen atoms in total. The minimum absolute atomic E-state index is 0.0422. The molecule has 1 N–H and O–H groups in total. The maximum Gasteiger partial charge on any atom is 0.248 e. The van der Waals surface area contributed by atoms with Crippen molar-refractivity contribution in [3.05, 3.63) is 46.2 Å². The third-order valence-corrected chi connectivity index (χ3v) is 4.40. The molecular formula is C18H21N3O4. The van der Waals surface area contributed by atoms with E-state index >= 15 is 0 Å². The molecule has 0 saturated carbocycles. The Hall–Kier alpha value is -2.67. The number of para-hydroxylation sites is 1. The average molecular weight is 343 g/mol. The van der Waals surface area contributed by atoms with Crippen LogP contribution in [-0.2, 0) is 20.9 Å². The van der Waals surface area contributed by atoms with E-state index in [-0.39, 0.29) is 36.5 Å². The molecule has 1 atom stereocenters. The molecule has 1 aromatic carbocycles. The zero-order chi connectivity index (χ0) is 18.0. The molecule has 0 spiro atoms. The summed E-state index contributed by atoms with van der Waals surface area (Å²) in [6.07, 6.45) is -0.210. The highest BCUT2D eigenvalue weighted by Gasteiger charge is 2.23. The summed E-state index contributed by atoms with van der Waals surface area (Å²) in [5.41, 5.74) is 1.42. The Labute approximate surface area is 145 Å². The molecule has 25 heavy (non-hydrogen) atoms. The number of carbonyl (C=O) groups excluding carboxylic acids is 2. The molecule has 0 aliphatic carbocycles. The lowest BCUT2D eigenvalue weighted by Crippen LogP contribution is -2.49. The van der Waals surface area contributed by atoms with Gasteiger partial charge in [-0.2, -0.15) is 0 Å². The second-order valence-corrected chi connectivity index (χ2v) is 6.26. The van der Waals surface area contributed by atoms with Crippen molar-refractivity contribution in [1.82, 2.24) is 14.8 Å². The molecule has 3 rings (SSSR count). The van der Waals surface area contributed by atoms with E-state index in [1.54, 1.807) is 24.1 Å². The van der Waals surface area contributed by atoms with Crippen LogP contribution < -0.4 is 10.7 Å². The summed E-state index contributed by atoms with van der Waals surface area (Å²) < 4.78 is 7.24. The van der Waals surface area contributed by atoms with E-state index in [4.69, 9.17) is 4.74 Å². The van der Waals surface area contributed by atoms with Crippen molar-refractivity contribution in [2.75, 3.05) is 26.7 Å². The molecule has 1 saturated heterocycles. The van der Waals surface area contributed by atoms with Crippen molar-refractivity contribution in [2.45, 2.75) is 19.6 Å². The van der Waals surface area contributed by atoms with E-state index in [9.17, 15) is 14.4 Å². The number of ether oxygens (including phenoxy) is 1. The first kappa shape index (κ1) is 17.2. The zero-order valence-electron chi connectivity index (χ0n) is 14.3. The monoisotopic (exact) mass is 343 g/mol. The highest BCUT2D eigenvalue weighted by atomic mass is 16.5. The first-order valence-electron chi connectivity index (χ1n) is 8.17. The van der Waals surface area contributed by atoms with Gasteiger partial charge in [0.05, 0.1) is 11.6 Å². The normalized spacial score (nSPS) is 17.8. The summed E-state index contributed by atoms with van der Waals surface area (Å²) >= 11 is 0. The maximum atomic E-state index is 12.3. The van der Waals surface area contributed by atoms with Gasteiger partial charge in [0.25, 0.3) is 0 Å². The standard InChI is InChI=1S/C18H21N3O4/c1-12-7-16(22)14-5-3-4-6-15(14)21(12)10-17(23)19-8-13-9-20(2)18(24)11-25-13/h3-7,13H,8-11H2,1-2H3,(H,19,23)/t13-/m1/s1. The van der Waals surface area contributed by atoms with Gasteiger partial charge in [-0.3, -0.25) is 14.4 Å². The molecule has 0 radical (unpaired) electrons. The minimum atomic E-state index is -0.210. The number of rotatable bonds is 4. The van der Waals surface area contributed by atoms with Gasteiger partial charge in [0.1, 0.15) is 13.2 Å². The molecule has 1 fully saturated rings. The lowest BCUT2D eigenvalue weighted by Gasteiger charge is -2.30. The smallest absolute Gasteiger partial charge is 0.248 e. The minimum Gasteiger partial charge on any atom is -0.365 e. The number of nitrogens with one attached hydrogen (secondary N) is 1. The average Bonchev–Trinajstić information content (AvgIpc) is 2.59. The van der Waals surface area contributed by atoms with Gasteiger partial charge in [-0.15, -0.1) is 0 Å². The van der Waals surface area contributed by atoms with Gasteiger partial charge >= 0.3 is 0 Å². The van der Waals surface area contributed by atoms with E-state index in [0.717, 1.165) is 11.2 Å². The second kappa shape index (κ2) is 7.06. The van der Waals surface area contributed by atoms with Crippen LogP contribution in [0.2, 0.25) is 0 Å². The van der Waals surface area contributed by atoms with Crippen LogP contribution in [-0.4, -0.2) is 54.1 Å². The Morgan fingerprint density at radius 2 is 2.08 bits per heavy atom. The number of hydrogen-bond donors (Lipinski definition) is 1. The first-order valence-corrected chi connectivity index (χ1v) is 8.17. The number of aryl methyl sites for hydroxylation is 1. The fourth-order valence-electron chi connectivity index (χ4n) is 2.97. The second-order valence-electron chi connectivity index (χ2n) is 6.26. The predicted molar refractivity (Wildman–Crippen MR) is 93.3 cm³/mol. The fraction of sp³-hybridized carbons (Fsp3) is 0.389. The van der Waals surface area contributed by atoms with E-state index in [2.05, 4.69) is 5.32 Å². The Morgan fingerprint density at radius 1 is 1.32 bits per heavy atom. The molecular weight excluding hydrogens is 322 g/mol. The number of aromatic nitrogens is 1. The Kier molecular flexibility index (Phi) is 4.85. The molecule has 0 bridgehead atoms. The number of benzene rings is 1. The van der Waals surface area contributed by atoms with E-state index in [1.807, 2.05) is 29.7 Å². The van der Waals surface area contributed by atoms with Crippen molar-refractivity contribution < 1.29 is 14.3 Å². The Balaban J connectivity index is 1.68. The van der Waals surface area contributed by atoms with Crippen molar-refractivity contribution in [1.29, 1.82) is 0 Å². The highest BCUT2D eigenvalue weighted by molar-refractivity contribution is 5.82. The number of morpholine rings is 1. The highest BCUT2D eigenvalue weighted by Crippen LogP contribution is 2.12. The van der Waals surface area contributed by atoms with Crippen molar-refractivity contribution >= 4 is 22.7 Å². The number of amides is 2. The van der Waals surface area contributed by atoms with Gasteiger partial charge in [-0.25, -0.2) is 0 Å². The van der Waals surface area contributed by atoms with Crippen molar-refractivity contribution in [3.63, 3.8) is 0 Å². The van der Waals surface area contributed by atoms with Gasteiger partial charge in [0, 0.05) is 37.3 Å². The predicted octanol–water partition coefficient (Wildman–Crippen LogP) is 0.283. The van der Waals surface area contributed by atoms with E-state index < -0.39 is 0 Å². The summed E-state index contributed by atoms with van der Waals surface area (Å²) in [7, 11) is 1.72. The van der Waals surface area contributed by atoms with Crippen LogP contribution in [0.25, 0.3) is 10.9 Å². The lowest BCUT2D eigenvalue weighted by molar-refractivity contribution is -0.146. The number of fused-ring (bicyclic) bond motifs is 1. The molecule has 0 unspecified atom stereocenters. The van der Waals surface area contributed by atoms with Gasteiger partial charge in [-0.05, 0) is 19.1 Å². The van der Waals surface area contributed by atoms with Gasteiger partial charge < -0.3 is 19.5 Å². The molecule has 2 amide bonds. The number of nitrogens with zero attached hydrogens (tertiary/aromatic N) is 2. The molecule has 7 heteroatoms. The fourth-order valence-corrected chi connectivity index (χ4v) is 2.97. The molecule has 1 aromatic heterocycles. The molecule has 132 valence electrons. The molecule has 2 aromatic rings. The van der Waals surface area contributed by atoms with Crippen LogP contribution in [0.3, 0.4) is 0 Å². The van der Waals surface area contributed by atoms with Crippen molar-refractivity contribution in [2.24, 2.45) is 0 Å². The number of pyridine rings is 1. The van der Waals surface area contributed by atoms with Crippen LogP contribution in [0.1, 0.15) is 5.69 Å². The first-order chi connectivity index (χ1) is 12.0. The van der Waals surface area contributed by atoms with Crippen LogP contribution in [0, 0.1) is 6.92 Å². The van der Waals surface area contributed by atoms with Crippen LogP contribution in [0.15, 0.2) is 35.1 Å². The summed E-state index contributed by atoms with van der Waals surface area (Å²) in [4.78, 5) is 37.4. The molecule has 2 heterocycles. The SMILES string of the molecule is Cc1cc(=O)c2ccccc2n1CC(=O)NC[C@@H]1CN(C)C(=O)CO1. The largest absolute Gasteiger partial charge is 0.365 e. The Morgan fingerprint density at radius 3 is 2.84 bits per heavy atom. The third kappa shape index (κ3) is 3.71. The maximum absolute atomic E-state index is 12.3. The summed E-state index contributed by atoms with van der Waals surface area (Å²) in [6, 6.07) is 8.79. The number of likely N-dealkylation sites (N-methyl/N-ethyl adjacent to an activating group) is 1. The topological polar surface area (TPSA) is 80.6 Å².